The number of rotatable bonds is 30. The fourth-order valence-electron chi connectivity index (χ4n) is 18.1. The number of aliphatic hydroxyl groups excluding tert-OH is 4. The quantitative estimate of drug-likeness (QED) is 0.0207. The van der Waals surface area contributed by atoms with E-state index in [-0.39, 0.29) is 52.7 Å². The number of anilines is 4. The molecule has 4 aliphatic carbocycles. The highest BCUT2D eigenvalue weighted by atomic mass is 19.1. The Hall–Kier alpha value is -12.9. The third-order valence-electron chi connectivity index (χ3n) is 25.7. The van der Waals surface area contributed by atoms with Gasteiger partial charge >= 0.3 is 0 Å². The first-order valence-electron chi connectivity index (χ1n) is 45.4. The van der Waals surface area contributed by atoms with Crippen LogP contribution < -0.4 is 26.0 Å². The van der Waals surface area contributed by atoms with Crippen molar-refractivity contribution in [2.24, 2.45) is 45.3 Å². The molecule has 0 spiro atoms. The van der Waals surface area contributed by atoms with Crippen molar-refractivity contribution in [1.82, 2.24) is 100 Å². The van der Waals surface area contributed by atoms with Crippen LogP contribution in [0.15, 0.2) is 122 Å². The molecule has 0 aliphatic heterocycles. The highest BCUT2D eigenvalue weighted by Gasteiger charge is 2.40. The van der Waals surface area contributed by atoms with Crippen molar-refractivity contribution in [3.63, 3.8) is 0 Å². The summed E-state index contributed by atoms with van der Waals surface area (Å²) in [6.07, 6.45) is 20.9. The average molecular weight is 1780 g/mol. The molecule has 131 heavy (non-hydrogen) atoms. The van der Waals surface area contributed by atoms with Crippen molar-refractivity contribution < 1.29 is 29.6 Å². The number of hydrogen-bond acceptors (Lipinski definition) is 30. The van der Waals surface area contributed by atoms with Gasteiger partial charge in [-0.05, 0) is 297 Å². The Labute approximate surface area is 766 Å². The molecule has 4 saturated carbocycles. The maximum atomic E-state index is 12.9. The lowest BCUT2D eigenvalue weighted by Gasteiger charge is -2.39. The van der Waals surface area contributed by atoms with Crippen molar-refractivity contribution in [3.8, 4) is 47.1 Å². The molecule has 688 valence electrons. The number of para-hydroxylation sites is 1. The molecule has 33 nitrogen and oxygen atoms in total. The largest absolute Gasteiger partial charge is 0.491 e. The summed E-state index contributed by atoms with van der Waals surface area (Å²) in [5.74, 6) is 6.57. The van der Waals surface area contributed by atoms with Crippen LogP contribution in [0.1, 0.15) is 224 Å². The Bertz CT molecular complexity index is 5750. The maximum Gasteiger partial charge on any atom is 0.222 e. The summed E-state index contributed by atoms with van der Waals surface area (Å²) in [4.78, 5) is 35.9. The molecule has 0 bridgehead atoms. The van der Waals surface area contributed by atoms with Gasteiger partial charge in [0.1, 0.15) is 42.8 Å². The predicted octanol–water partition coefficient (Wildman–Crippen LogP) is 13.5. The molecule has 0 radical (unpaired) electrons. The summed E-state index contributed by atoms with van der Waals surface area (Å²) >= 11 is 0. The van der Waals surface area contributed by atoms with Crippen LogP contribution in [0.25, 0.3) is 17.1 Å². The van der Waals surface area contributed by atoms with Crippen LogP contribution in [-0.2, 0) is 51.4 Å². The van der Waals surface area contributed by atoms with Crippen LogP contribution in [0.2, 0.25) is 0 Å². The average Bonchev–Trinajstić information content (AvgIpc) is 0.843. The van der Waals surface area contributed by atoms with Crippen molar-refractivity contribution in [2.45, 2.75) is 242 Å². The minimum absolute atomic E-state index is 0.0538. The molecular formula is C97H123FN28O5. The highest BCUT2D eigenvalue weighted by Crippen LogP contribution is 2.44. The number of alkyl halides is 1. The van der Waals surface area contributed by atoms with Crippen LogP contribution in [0, 0.1) is 111 Å². The van der Waals surface area contributed by atoms with Gasteiger partial charge in [-0.1, -0.05) is 110 Å². The van der Waals surface area contributed by atoms with Gasteiger partial charge in [0.05, 0.1) is 111 Å². The molecule has 11 aromatic rings. The number of aryl methyl sites for hydroxylation is 3. The Balaban J connectivity index is 0.000000158. The van der Waals surface area contributed by atoms with E-state index in [1.165, 1.54) is 12.5 Å². The van der Waals surface area contributed by atoms with Crippen molar-refractivity contribution in [1.29, 1.82) is 21.0 Å². The molecule has 34 heteroatoms. The summed E-state index contributed by atoms with van der Waals surface area (Å²) in [7, 11) is 0. The summed E-state index contributed by atoms with van der Waals surface area (Å²) in [6.45, 7) is 26.6. The fourth-order valence-corrected chi connectivity index (χ4v) is 18.1. The summed E-state index contributed by atoms with van der Waals surface area (Å²) in [5.41, 5.74) is 12.1. The summed E-state index contributed by atoms with van der Waals surface area (Å²) in [6, 6.07) is 40.7. The van der Waals surface area contributed by atoms with E-state index in [1.54, 1.807) is 38.8 Å². The monoisotopic (exact) mass is 1780 g/mol. The van der Waals surface area contributed by atoms with Gasteiger partial charge in [0.2, 0.25) is 23.8 Å². The van der Waals surface area contributed by atoms with Gasteiger partial charge in [-0.3, -0.25) is 0 Å². The van der Waals surface area contributed by atoms with E-state index >= 15 is 0 Å². The minimum atomic E-state index is -0.993. The third kappa shape index (κ3) is 27.2. The lowest BCUT2D eigenvalue weighted by Crippen LogP contribution is -2.37. The Kier molecular flexibility index (Phi) is 33.5. The lowest BCUT2D eigenvalue weighted by atomic mass is 9.69. The minimum Gasteiger partial charge on any atom is -0.491 e. The Morgan fingerprint density at radius 2 is 0.748 bits per heavy atom. The van der Waals surface area contributed by atoms with Crippen LogP contribution in [0.4, 0.5) is 28.2 Å². The van der Waals surface area contributed by atoms with E-state index in [0.717, 1.165) is 202 Å². The first-order chi connectivity index (χ1) is 62.8. The first-order valence-corrected chi connectivity index (χ1v) is 45.4. The lowest BCUT2D eigenvalue weighted by molar-refractivity contribution is -0.00749. The topological polar surface area (TPSA) is 467 Å². The zero-order chi connectivity index (χ0) is 93.4. The summed E-state index contributed by atoms with van der Waals surface area (Å²) in [5, 5.41) is 127. The molecule has 7 heterocycles. The molecule has 4 fully saturated rings. The van der Waals surface area contributed by atoms with Crippen LogP contribution in [0.5, 0.6) is 5.75 Å². The second kappa shape index (κ2) is 45.1. The van der Waals surface area contributed by atoms with Gasteiger partial charge in [0.25, 0.3) is 0 Å². The number of nitrogens with one attached hydrogen (secondary N) is 4. The zero-order valence-corrected chi connectivity index (χ0v) is 77.2. The standard InChI is InChI=1S/C25H33FN4O2.3C24H30N8O/c1-17(26)16-32-21-7-4-18(5-8-21)10-11-28-24-29-15-20(14-27)22(30-24)12-19-6-9-23(31)25(2,3)13-19;1-16-29-30-31-32(16)20-7-4-17(5-8-20)10-11-26-23-27-15-19(14-25)21(28-23)12-18-6-9-22(33)24(2,3)13-18;1-16-29-30-31-32(16)20-6-4-5-17(11-20)9-10-26-23-27-15-19(14-25)21(28-23)12-18-7-8-22(33)24(2,3)13-18;1-16-29-30-31-32(16)21-7-5-4-6-18(21)10-11-26-23-27-15-19(14-25)20(28-23)12-17-8-9-22(33)24(2,3)13-17/h4-5,7-8,15,17,19,23,31H,6,9-13,16H2,1-3H3,(H,28,29,30);4-5,7-8,15,18,22,33H,6,9-13H2,1-3H3,(H,26,27,28);4-6,11,15,18,22,33H,7-10,12-13H2,1-3H3,(H,26,27,28);4-7,15,17,22,33H,8-13H2,1-3H3,(H,26,27,28)/t17?,19-,23-;2*18-,22-;17-,22-/m0000/s1. The maximum absolute atomic E-state index is 12.9. The first kappa shape index (κ1) is 97.2. The molecule has 7 aromatic heterocycles. The number of ether oxygens (including phenoxy) is 1. The molecule has 1 unspecified atom stereocenters. The van der Waals surface area contributed by atoms with Gasteiger partial charge in [-0.25, -0.2) is 44.3 Å². The normalized spacial score (nSPS) is 20.0. The smallest absolute Gasteiger partial charge is 0.222 e. The Morgan fingerprint density at radius 3 is 1.09 bits per heavy atom. The third-order valence-corrected chi connectivity index (χ3v) is 25.7. The molecule has 0 amide bonds. The van der Waals surface area contributed by atoms with Crippen LogP contribution >= 0.6 is 0 Å². The van der Waals surface area contributed by atoms with Crippen molar-refractivity contribution in [3.05, 3.63) is 207 Å². The van der Waals surface area contributed by atoms with Crippen LogP contribution in [-0.4, -0.2) is 184 Å². The molecule has 4 aliphatic rings. The highest BCUT2D eigenvalue weighted by molar-refractivity contribution is 5.45. The molecule has 15 rings (SSSR count). The van der Waals surface area contributed by atoms with Gasteiger partial charge in [-0.2, -0.15) is 35.1 Å². The second-order valence-corrected chi connectivity index (χ2v) is 37.9. The van der Waals surface area contributed by atoms with Gasteiger partial charge < -0.3 is 46.4 Å². The number of nitriles is 4. The fraction of sp³-hybridized carbons (Fsp3) is 0.515. The predicted molar refractivity (Wildman–Crippen MR) is 493 cm³/mol. The number of hydrogen-bond donors (Lipinski definition) is 8. The van der Waals surface area contributed by atoms with Crippen molar-refractivity contribution in [2.75, 3.05) is 54.1 Å². The molecule has 4 aromatic carbocycles. The van der Waals surface area contributed by atoms with E-state index in [0.29, 0.717) is 102 Å². The number of nitrogens with zero attached hydrogens (tertiary/aromatic N) is 24. The molecule has 8 N–H and O–H groups in total. The number of tetrazole rings is 3. The number of benzene rings is 4. The SMILES string of the molecule is CC(F)COc1ccc(CCNc2ncc(C#N)c(C[C@@H]3CC[C@H](O)C(C)(C)C3)n2)cc1.Cc1nnnn1-c1ccc(CCNc2ncc(C#N)c(C[C@@H]3CC[C@H](O)C(C)(C)C3)n2)cc1.Cc1nnnn1-c1cccc(CCNc2ncc(C#N)c(C[C@@H]3CC[C@H](O)C(C)(C)C3)n2)c1.Cc1nnnn1-c1ccccc1CCNc1ncc(C#N)c(C[C@@H]2CC[C@H](O)C(C)(C)C2)n1. The van der Waals surface area contributed by atoms with E-state index in [2.05, 4.69) is 218 Å². The molecule has 9 atom stereocenters. The van der Waals surface area contributed by atoms with Gasteiger partial charge in [0.15, 0.2) is 17.5 Å². The summed E-state index contributed by atoms with van der Waals surface area (Å²) < 4.78 is 23.4. The van der Waals surface area contributed by atoms with E-state index < -0.39 is 6.17 Å². The van der Waals surface area contributed by atoms with Gasteiger partial charge in [-0.15, -0.1) is 15.3 Å². The molecular weight excluding hydrogens is 1660 g/mol. The van der Waals surface area contributed by atoms with Crippen LogP contribution in [0.3, 0.4) is 0 Å². The Morgan fingerprint density at radius 1 is 0.412 bits per heavy atom. The second-order valence-electron chi connectivity index (χ2n) is 37.9. The number of halogens is 1. The van der Waals surface area contributed by atoms with Gasteiger partial charge in [0, 0.05) is 26.2 Å². The van der Waals surface area contributed by atoms with E-state index in [1.807, 2.05) is 87.5 Å². The van der Waals surface area contributed by atoms with Crippen molar-refractivity contribution >= 4 is 23.8 Å². The number of aliphatic hydroxyl groups is 4. The van der Waals surface area contributed by atoms with E-state index in [9.17, 15) is 45.9 Å². The number of aromatic nitrogens is 20. The zero-order valence-electron chi connectivity index (χ0n) is 77.2. The molecule has 0 saturated heterocycles. The van der Waals surface area contributed by atoms with E-state index in [4.69, 9.17) is 4.74 Å².